The normalized spacial score (nSPS) is 12.1. The average molecular weight is 524 g/mol. The summed E-state index contributed by atoms with van der Waals surface area (Å²) in [5.74, 6) is 0.541. The van der Waals surface area contributed by atoms with Crippen molar-refractivity contribution in [2.24, 2.45) is 0 Å². The second-order valence-electron chi connectivity index (χ2n) is 7.17. The number of benzene rings is 2. The average Bonchev–Trinajstić information content (AvgIpc) is 2.82. The quantitative estimate of drug-likeness (QED) is 0.393. The predicted octanol–water partition coefficient (Wildman–Crippen LogP) is 4.71. The molecular formula is C23H23Cl2N3O5S. The van der Waals surface area contributed by atoms with Crippen molar-refractivity contribution >= 4 is 44.8 Å². The van der Waals surface area contributed by atoms with Gasteiger partial charge in [-0.15, -0.1) is 0 Å². The summed E-state index contributed by atoms with van der Waals surface area (Å²) in [4.78, 5) is 16.7. The maximum absolute atomic E-state index is 12.5. The molecule has 0 radical (unpaired) electrons. The van der Waals surface area contributed by atoms with Gasteiger partial charge < -0.3 is 20.5 Å². The maximum atomic E-state index is 12.5. The van der Waals surface area contributed by atoms with Crippen molar-refractivity contribution in [3.63, 3.8) is 0 Å². The van der Waals surface area contributed by atoms with E-state index >= 15 is 0 Å². The predicted molar refractivity (Wildman–Crippen MR) is 132 cm³/mol. The number of halogens is 2. The van der Waals surface area contributed by atoms with Crippen LogP contribution in [0.5, 0.6) is 5.75 Å². The number of carbonyl (C=O) groups is 1. The van der Waals surface area contributed by atoms with E-state index in [0.717, 1.165) is 0 Å². The van der Waals surface area contributed by atoms with Crippen LogP contribution in [0.1, 0.15) is 18.7 Å². The summed E-state index contributed by atoms with van der Waals surface area (Å²) in [6.45, 7) is 1.08. The molecule has 1 aromatic heterocycles. The molecule has 0 spiro atoms. The SMILES string of the molecule is CCS(=O)(=O)c1ccc(C(CO)NC(=O)Nc2cc(Cl)c(-c3ccccc3OC)c(Cl)c2)nc1. The van der Waals surface area contributed by atoms with Crippen LogP contribution in [0.25, 0.3) is 11.1 Å². The lowest BCUT2D eigenvalue weighted by molar-refractivity contribution is 0.224. The van der Waals surface area contributed by atoms with Crippen molar-refractivity contribution in [1.82, 2.24) is 10.3 Å². The number of aliphatic hydroxyl groups is 1. The number of nitrogens with zero attached hydrogens (tertiary/aromatic N) is 1. The number of hydrogen-bond acceptors (Lipinski definition) is 6. The van der Waals surface area contributed by atoms with Gasteiger partial charge in [-0.25, -0.2) is 13.2 Å². The van der Waals surface area contributed by atoms with E-state index < -0.39 is 28.5 Å². The first kappa shape index (κ1) is 25.8. The third kappa shape index (κ3) is 5.79. The van der Waals surface area contributed by atoms with Gasteiger partial charge >= 0.3 is 6.03 Å². The third-order valence-electron chi connectivity index (χ3n) is 5.02. The Balaban J connectivity index is 1.76. The minimum atomic E-state index is -3.41. The zero-order valence-corrected chi connectivity index (χ0v) is 20.7. The monoisotopic (exact) mass is 523 g/mol. The van der Waals surface area contributed by atoms with Crippen LogP contribution in [0, 0.1) is 0 Å². The molecule has 3 aromatic rings. The molecule has 1 atom stereocenters. The van der Waals surface area contributed by atoms with Gasteiger partial charge in [-0.2, -0.15) is 0 Å². The topological polar surface area (TPSA) is 118 Å². The molecule has 0 bridgehead atoms. The number of amides is 2. The molecule has 0 saturated heterocycles. The molecule has 34 heavy (non-hydrogen) atoms. The summed E-state index contributed by atoms with van der Waals surface area (Å²) < 4.78 is 29.3. The van der Waals surface area contributed by atoms with Gasteiger partial charge in [-0.3, -0.25) is 4.98 Å². The Morgan fingerprint density at radius 2 is 1.82 bits per heavy atom. The van der Waals surface area contributed by atoms with Crippen molar-refractivity contribution in [2.45, 2.75) is 17.9 Å². The summed E-state index contributed by atoms with van der Waals surface area (Å²) in [6, 6.07) is 11.7. The Bertz CT molecular complexity index is 1260. The first-order chi connectivity index (χ1) is 16.2. The van der Waals surface area contributed by atoms with Crippen molar-refractivity contribution < 1.29 is 23.1 Å². The van der Waals surface area contributed by atoms with Crippen molar-refractivity contribution in [2.75, 3.05) is 24.8 Å². The number of urea groups is 1. The molecule has 0 aliphatic heterocycles. The van der Waals surface area contributed by atoms with Gasteiger partial charge in [0.15, 0.2) is 9.84 Å². The van der Waals surface area contributed by atoms with Crippen molar-refractivity contribution in [3.8, 4) is 16.9 Å². The van der Waals surface area contributed by atoms with E-state index in [2.05, 4.69) is 15.6 Å². The maximum Gasteiger partial charge on any atom is 0.319 e. The highest BCUT2D eigenvalue weighted by Gasteiger charge is 2.19. The van der Waals surface area contributed by atoms with E-state index in [1.165, 1.54) is 25.3 Å². The summed E-state index contributed by atoms with van der Waals surface area (Å²) in [5, 5.41) is 15.5. The number of nitrogens with one attached hydrogen (secondary N) is 2. The molecule has 1 heterocycles. The largest absolute Gasteiger partial charge is 0.496 e. The van der Waals surface area contributed by atoms with Crippen LogP contribution in [0.4, 0.5) is 10.5 Å². The van der Waals surface area contributed by atoms with E-state index in [0.29, 0.717) is 38.3 Å². The fraction of sp³-hybridized carbons (Fsp3) is 0.217. The minimum absolute atomic E-state index is 0.0565. The lowest BCUT2D eigenvalue weighted by Crippen LogP contribution is -2.34. The van der Waals surface area contributed by atoms with Crippen LogP contribution in [-0.2, 0) is 9.84 Å². The Morgan fingerprint density at radius 1 is 1.15 bits per heavy atom. The number of aromatic nitrogens is 1. The molecule has 3 N–H and O–H groups in total. The molecule has 0 aliphatic carbocycles. The Labute approximate surface area is 207 Å². The van der Waals surface area contributed by atoms with Crippen LogP contribution in [-0.4, -0.2) is 44.0 Å². The second-order valence-corrected chi connectivity index (χ2v) is 10.3. The number of pyridine rings is 1. The van der Waals surface area contributed by atoms with Crippen LogP contribution < -0.4 is 15.4 Å². The van der Waals surface area contributed by atoms with Crippen molar-refractivity contribution in [3.05, 3.63) is 70.5 Å². The number of hydrogen-bond donors (Lipinski definition) is 3. The second kappa shape index (κ2) is 11.1. The minimum Gasteiger partial charge on any atom is -0.496 e. The highest BCUT2D eigenvalue weighted by atomic mass is 35.5. The lowest BCUT2D eigenvalue weighted by Gasteiger charge is -2.18. The van der Waals surface area contributed by atoms with Gasteiger partial charge in [0.05, 0.1) is 46.1 Å². The van der Waals surface area contributed by atoms with Crippen LogP contribution in [0.2, 0.25) is 10.0 Å². The molecule has 8 nitrogen and oxygen atoms in total. The van der Waals surface area contributed by atoms with E-state index in [4.69, 9.17) is 27.9 Å². The smallest absolute Gasteiger partial charge is 0.319 e. The molecule has 1 unspecified atom stereocenters. The van der Waals surface area contributed by atoms with E-state index in [1.807, 2.05) is 18.2 Å². The number of sulfone groups is 1. The molecule has 0 fully saturated rings. The summed E-state index contributed by atoms with van der Waals surface area (Å²) in [6.07, 6.45) is 1.20. The van der Waals surface area contributed by atoms with Crippen LogP contribution in [0.3, 0.4) is 0 Å². The van der Waals surface area contributed by atoms with Crippen LogP contribution in [0.15, 0.2) is 59.6 Å². The van der Waals surface area contributed by atoms with Crippen LogP contribution >= 0.6 is 23.2 Å². The highest BCUT2D eigenvalue weighted by molar-refractivity contribution is 7.91. The van der Waals surface area contributed by atoms with E-state index in [1.54, 1.807) is 25.3 Å². The van der Waals surface area contributed by atoms with Gasteiger partial charge in [0.1, 0.15) is 5.75 Å². The number of para-hydroxylation sites is 1. The lowest BCUT2D eigenvalue weighted by atomic mass is 10.0. The molecule has 2 aromatic carbocycles. The first-order valence-corrected chi connectivity index (χ1v) is 12.6. The number of rotatable bonds is 8. The van der Waals surface area contributed by atoms with Gasteiger partial charge in [0.25, 0.3) is 0 Å². The zero-order valence-electron chi connectivity index (χ0n) is 18.4. The summed E-state index contributed by atoms with van der Waals surface area (Å²) >= 11 is 12.9. The number of carbonyl (C=O) groups excluding carboxylic acids is 1. The Hall–Kier alpha value is -2.85. The molecule has 180 valence electrons. The standard InChI is InChI=1S/C23H23Cl2N3O5S/c1-3-34(31,32)15-8-9-19(26-12-15)20(13-29)28-23(30)27-14-10-17(24)22(18(25)11-14)16-6-4-5-7-21(16)33-2/h4-12,20,29H,3,13H2,1-2H3,(H2,27,28,30). The number of methoxy groups -OCH3 is 1. The zero-order chi connectivity index (χ0) is 24.9. The summed E-state index contributed by atoms with van der Waals surface area (Å²) in [5.41, 5.74) is 1.90. The third-order valence-corrected chi connectivity index (χ3v) is 7.34. The van der Waals surface area contributed by atoms with E-state index in [-0.39, 0.29) is 10.6 Å². The summed E-state index contributed by atoms with van der Waals surface area (Å²) in [7, 11) is -1.86. The molecule has 0 aliphatic rings. The number of anilines is 1. The number of ether oxygens (including phenoxy) is 1. The fourth-order valence-corrected chi connectivity index (χ4v) is 4.75. The van der Waals surface area contributed by atoms with E-state index in [9.17, 15) is 18.3 Å². The fourth-order valence-electron chi connectivity index (χ4n) is 3.24. The molecule has 3 rings (SSSR count). The molecule has 2 amide bonds. The Kier molecular flexibility index (Phi) is 8.37. The van der Waals surface area contributed by atoms with Crippen molar-refractivity contribution in [1.29, 1.82) is 0 Å². The first-order valence-electron chi connectivity index (χ1n) is 10.2. The van der Waals surface area contributed by atoms with Gasteiger partial charge in [0.2, 0.25) is 0 Å². The van der Waals surface area contributed by atoms with Gasteiger partial charge in [-0.1, -0.05) is 48.3 Å². The molecular weight excluding hydrogens is 501 g/mol. The number of aliphatic hydroxyl groups excluding tert-OH is 1. The van der Waals surface area contributed by atoms with Gasteiger partial charge in [-0.05, 0) is 30.3 Å². The highest BCUT2D eigenvalue weighted by Crippen LogP contribution is 2.41. The Morgan fingerprint density at radius 3 is 2.38 bits per heavy atom. The molecule has 11 heteroatoms. The molecule has 0 saturated carbocycles. The van der Waals surface area contributed by atoms with Gasteiger partial charge in [0, 0.05) is 23.0 Å².